The van der Waals surface area contributed by atoms with E-state index < -0.39 is 5.97 Å². The van der Waals surface area contributed by atoms with Crippen molar-refractivity contribution in [2.75, 3.05) is 0 Å². The van der Waals surface area contributed by atoms with Crippen molar-refractivity contribution in [1.29, 1.82) is 0 Å². The highest BCUT2D eigenvalue weighted by atomic mass is 16.4. The van der Waals surface area contributed by atoms with Gasteiger partial charge in [0.25, 0.3) is 5.91 Å². The van der Waals surface area contributed by atoms with Gasteiger partial charge in [-0.05, 0) is 25.3 Å². The van der Waals surface area contributed by atoms with E-state index in [2.05, 4.69) is 10.3 Å². The van der Waals surface area contributed by atoms with Crippen LogP contribution in [-0.2, 0) is 4.79 Å². The number of carboxylic acid groups (broad SMARTS) is 1. The van der Waals surface area contributed by atoms with Gasteiger partial charge in [0.2, 0.25) is 5.56 Å². The third-order valence-electron chi connectivity index (χ3n) is 3.41. The second kappa shape index (κ2) is 5.69. The van der Waals surface area contributed by atoms with Gasteiger partial charge >= 0.3 is 5.97 Å². The van der Waals surface area contributed by atoms with Crippen LogP contribution in [0.15, 0.2) is 23.1 Å². The van der Waals surface area contributed by atoms with Crippen molar-refractivity contribution in [3.8, 4) is 0 Å². The van der Waals surface area contributed by atoms with Crippen molar-refractivity contribution >= 4 is 11.9 Å². The van der Waals surface area contributed by atoms with Crippen LogP contribution in [0.4, 0.5) is 0 Å². The van der Waals surface area contributed by atoms with Crippen molar-refractivity contribution in [3.63, 3.8) is 0 Å². The predicted molar refractivity (Wildman–Crippen MR) is 67.9 cm³/mol. The number of aliphatic carboxylic acids is 1. The van der Waals surface area contributed by atoms with E-state index in [1.54, 1.807) is 0 Å². The summed E-state index contributed by atoms with van der Waals surface area (Å²) >= 11 is 0. The summed E-state index contributed by atoms with van der Waals surface area (Å²) < 4.78 is 0. The Hall–Kier alpha value is -2.11. The van der Waals surface area contributed by atoms with Crippen LogP contribution >= 0.6 is 0 Å². The molecule has 0 spiro atoms. The summed E-state index contributed by atoms with van der Waals surface area (Å²) in [6, 6.07) is 2.62. The maximum absolute atomic E-state index is 11.9. The first-order valence-electron chi connectivity index (χ1n) is 6.28. The molecule has 1 heterocycles. The van der Waals surface area contributed by atoms with Gasteiger partial charge in [0.15, 0.2) is 0 Å². The van der Waals surface area contributed by atoms with E-state index in [0.717, 1.165) is 12.8 Å². The summed E-state index contributed by atoms with van der Waals surface area (Å²) in [5, 5.41) is 11.8. The number of carbonyl (C=O) groups excluding carboxylic acids is 1. The molecule has 0 radical (unpaired) electrons. The first-order valence-corrected chi connectivity index (χ1v) is 6.28. The van der Waals surface area contributed by atoms with E-state index in [1.165, 1.54) is 18.3 Å². The second-order valence-electron chi connectivity index (χ2n) is 4.81. The van der Waals surface area contributed by atoms with Crippen LogP contribution in [-0.4, -0.2) is 28.0 Å². The summed E-state index contributed by atoms with van der Waals surface area (Å²) in [4.78, 5) is 36.2. The summed E-state index contributed by atoms with van der Waals surface area (Å²) in [6.45, 7) is 0. The molecule has 3 N–H and O–H groups in total. The number of rotatable bonds is 3. The highest BCUT2D eigenvalue weighted by molar-refractivity contribution is 5.94. The number of nitrogens with one attached hydrogen (secondary N) is 2. The Labute approximate surface area is 109 Å². The van der Waals surface area contributed by atoms with Crippen molar-refractivity contribution in [2.24, 2.45) is 5.92 Å². The molecule has 1 amide bonds. The van der Waals surface area contributed by atoms with Crippen LogP contribution in [0.1, 0.15) is 36.0 Å². The molecule has 0 aromatic carbocycles. The largest absolute Gasteiger partial charge is 0.481 e. The minimum Gasteiger partial charge on any atom is -0.481 e. The van der Waals surface area contributed by atoms with Crippen LogP contribution < -0.4 is 10.9 Å². The molecule has 6 nitrogen and oxygen atoms in total. The average molecular weight is 264 g/mol. The minimum atomic E-state index is -0.803. The summed E-state index contributed by atoms with van der Waals surface area (Å²) in [7, 11) is 0. The highest BCUT2D eigenvalue weighted by Gasteiger charge is 2.27. The topological polar surface area (TPSA) is 99.3 Å². The van der Waals surface area contributed by atoms with Crippen LogP contribution in [0.3, 0.4) is 0 Å². The Morgan fingerprint density at radius 1 is 1.32 bits per heavy atom. The molecule has 102 valence electrons. The van der Waals surface area contributed by atoms with Gasteiger partial charge in [-0.1, -0.05) is 6.42 Å². The Balaban J connectivity index is 1.97. The summed E-state index contributed by atoms with van der Waals surface area (Å²) in [5.41, 5.74) is 0.109. The number of amides is 1. The van der Waals surface area contributed by atoms with Gasteiger partial charge < -0.3 is 15.4 Å². The quantitative estimate of drug-likeness (QED) is 0.750. The number of hydrogen-bond acceptors (Lipinski definition) is 3. The van der Waals surface area contributed by atoms with Gasteiger partial charge in [0, 0.05) is 18.3 Å². The second-order valence-corrected chi connectivity index (χ2v) is 4.81. The van der Waals surface area contributed by atoms with E-state index in [-0.39, 0.29) is 23.4 Å². The van der Waals surface area contributed by atoms with Crippen LogP contribution in [0.2, 0.25) is 0 Å². The molecule has 0 aliphatic heterocycles. The van der Waals surface area contributed by atoms with Crippen molar-refractivity contribution in [1.82, 2.24) is 10.3 Å². The Kier molecular flexibility index (Phi) is 3.99. The molecule has 1 aromatic heterocycles. The normalized spacial score (nSPS) is 22.7. The van der Waals surface area contributed by atoms with Crippen LogP contribution in [0, 0.1) is 5.92 Å². The smallest absolute Gasteiger partial charge is 0.306 e. The summed E-state index contributed by atoms with van der Waals surface area (Å²) in [5.74, 6) is -1.47. The minimum absolute atomic E-state index is 0.116. The van der Waals surface area contributed by atoms with Crippen molar-refractivity contribution in [3.05, 3.63) is 34.2 Å². The van der Waals surface area contributed by atoms with E-state index in [1.807, 2.05) is 0 Å². The maximum Gasteiger partial charge on any atom is 0.306 e. The first-order chi connectivity index (χ1) is 9.06. The molecule has 1 saturated carbocycles. The number of aromatic nitrogens is 1. The monoisotopic (exact) mass is 264 g/mol. The first kappa shape index (κ1) is 13.3. The van der Waals surface area contributed by atoms with E-state index in [4.69, 9.17) is 5.11 Å². The number of carboxylic acids is 1. The zero-order chi connectivity index (χ0) is 13.8. The number of pyridine rings is 1. The van der Waals surface area contributed by atoms with Gasteiger partial charge in [0.1, 0.15) is 0 Å². The number of aromatic amines is 1. The van der Waals surface area contributed by atoms with Crippen LogP contribution in [0.5, 0.6) is 0 Å². The molecule has 1 fully saturated rings. The fourth-order valence-electron chi connectivity index (χ4n) is 2.37. The van der Waals surface area contributed by atoms with Gasteiger partial charge in [-0.15, -0.1) is 0 Å². The fraction of sp³-hybridized carbons (Fsp3) is 0.462. The molecule has 6 heteroatoms. The van der Waals surface area contributed by atoms with Crippen molar-refractivity contribution < 1.29 is 14.7 Å². The van der Waals surface area contributed by atoms with Crippen molar-refractivity contribution in [2.45, 2.75) is 31.7 Å². The lowest BCUT2D eigenvalue weighted by Crippen LogP contribution is -2.40. The molecule has 2 rings (SSSR count). The molecule has 1 aliphatic rings. The molecule has 1 aromatic rings. The molecule has 0 bridgehead atoms. The predicted octanol–water partition coefficient (Wildman–Crippen LogP) is 0.748. The van der Waals surface area contributed by atoms with Gasteiger partial charge in [-0.2, -0.15) is 0 Å². The zero-order valence-electron chi connectivity index (χ0n) is 10.4. The van der Waals surface area contributed by atoms with Gasteiger partial charge in [-0.3, -0.25) is 14.4 Å². The average Bonchev–Trinajstić information content (AvgIpc) is 2.39. The molecule has 19 heavy (non-hydrogen) atoms. The lowest BCUT2D eigenvalue weighted by molar-refractivity contribution is -0.143. The number of hydrogen-bond donors (Lipinski definition) is 3. The lowest BCUT2D eigenvalue weighted by atomic mass is 9.85. The van der Waals surface area contributed by atoms with E-state index in [0.29, 0.717) is 18.4 Å². The Morgan fingerprint density at radius 3 is 2.74 bits per heavy atom. The molecule has 2 unspecified atom stereocenters. The third kappa shape index (κ3) is 3.43. The van der Waals surface area contributed by atoms with E-state index in [9.17, 15) is 14.4 Å². The third-order valence-corrected chi connectivity index (χ3v) is 3.41. The SMILES string of the molecule is O=C(NC1CCCC(C(=O)O)C1)c1ccc(=O)[nH]c1. The number of carbonyl (C=O) groups is 2. The van der Waals surface area contributed by atoms with E-state index >= 15 is 0 Å². The molecular weight excluding hydrogens is 248 g/mol. The molecule has 1 aliphatic carbocycles. The standard InChI is InChI=1S/C13H16N2O4/c16-11-5-4-9(7-14-11)12(17)15-10-3-1-2-8(6-10)13(18)19/h4-5,7-8,10H,1-3,6H2,(H,14,16)(H,15,17)(H,18,19). The van der Waals surface area contributed by atoms with Gasteiger partial charge in [-0.25, -0.2) is 0 Å². The van der Waals surface area contributed by atoms with Gasteiger partial charge in [0.05, 0.1) is 11.5 Å². The fourth-order valence-corrected chi connectivity index (χ4v) is 2.37. The molecule has 0 saturated heterocycles. The zero-order valence-corrected chi connectivity index (χ0v) is 10.4. The summed E-state index contributed by atoms with van der Waals surface area (Å²) in [6.07, 6.45) is 4.08. The number of H-pyrrole nitrogens is 1. The maximum atomic E-state index is 11.9. The Morgan fingerprint density at radius 2 is 2.11 bits per heavy atom. The molecule has 2 atom stereocenters. The highest BCUT2D eigenvalue weighted by Crippen LogP contribution is 2.24. The Bertz CT molecular complexity index is 517. The van der Waals surface area contributed by atoms with Crippen LogP contribution in [0.25, 0.3) is 0 Å². The lowest BCUT2D eigenvalue weighted by Gasteiger charge is -2.27. The molecular formula is C13H16N2O4.